The minimum absolute atomic E-state index is 0.0549. The van der Waals surface area contributed by atoms with E-state index in [0.717, 1.165) is 16.7 Å². The van der Waals surface area contributed by atoms with E-state index in [4.69, 9.17) is 4.74 Å². The van der Waals surface area contributed by atoms with Crippen LogP contribution in [-0.4, -0.2) is 19.9 Å². The minimum atomic E-state index is -2.01. The second kappa shape index (κ2) is 13.4. The number of urea groups is 1. The van der Waals surface area contributed by atoms with E-state index < -0.39 is 29.2 Å². The van der Waals surface area contributed by atoms with Crippen molar-refractivity contribution in [1.82, 2.24) is 10.6 Å². The summed E-state index contributed by atoms with van der Waals surface area (Å²) in [7, 11) is 0. The van der Waals surface area contributed by atoms with Gasteiger partial charge in [0.25, 0.3) is 0 Å². The second-order valence-corrected chi connectivity index (χ2v) is 18.0. The normalized spacial score (nSPS) is 14.9. The zero-order valence-electron chi connectivity index (χ0n) is 23.8. The van der Waals surface area contributed by atoms with Gasteiger partial charge in [0.2, 0.25) is 5.85 Å². The van der Waals surface area contributed by atoms with E-state index in [1.54, 1.807) is 19.9 Å². The van der Waals surface area contributed by atoms with Crippen LogP contribution in [0.3, 0.4) is 0 Å². The number of hydrogen-bond acceptors (Lipinski definition) is 2. The van der Waals surface area contributed by atoms with E-state index in [0.29, 0.717) is 24.4 Å². The first-order chi connectivity index (χ1) is 18.6. The number of rotatable bonds is 11. The predicted octanol–water partition coefficient (Wildman–Crippen LogP) is 9.04. The first-order valence-electron chi connectivity index (χ1n) is 13.4. The molecule has 0 aliphatic rings. The molecule has 1 unspecified atom stereocenters. The Hall–Kier alpha value is -1.95. The fourth-order valence-corrected chi connectivity index (χ4v) is 4.69. The molecule has 0 spiro atoms. The molecule has 0 aliphatic heterocycles. The van der Waals surface area contributed by atoms with Crippen molar-refractivity contribution in [3.8, 4) is 5.75 Å². The lowest BCUT2D eigenvalue weighted by Crippen LogP contribution is -2.53. The fraction of sp³-hybridized carbons (Fsp3) is 0.406. The van der Waals surface area contributed by atoms with Crippen molar-refractivity contribution in [3.05, 3.63) is 101 Å². The van der Waals surface area contributed by atoms with Gasteiger partial charge in [0, 0.05) is 31.9 Å². The maximum atomic E-state index is 15.3. The van der Waals surface area contributed by atoms with Crippen molar-refractivity contribution in [2.45, 2.75) is 66.7 Å². The van der Waals surface area contributed by atoms with Crippen LogP contribution in [0, 0.1) is 11.7 Å². The smallest absolute Gasteiger partial charge is 0.315 e. The standard InChI is InChI=1S/C32H38F2I2N2O2/c1-21(2)24-12-14-25(15-13-24)32(19-23-10-8-7-9-11-23,38-29(39)37-20-30(5,35)36)26-16-27(33)18-28(17-26)40-31(6,34)22(3)4/h7-18,21-22H,19-20H2,1-6H3,(H2,37,38,39)/t31?,32-/m1/s1. The van der Waals surface area contributed by atoms with Crippen LogP contribution in [0.1, 0.15) is 69.7 Å². The Bertz CT molecular complexity index is 1280. The number of ether oxygens (including phenoxy) is 1. The first-order valence-corrected chi connectivity index (χ1v) is 15.5. The number of alkyl halides is 3. The average Bonchev–Trinajstić information content (AvgIpc) is 2.86. The van der Waals surface area contributed by atoms with Gasteiger partial charge in [0.05, 0.1) is 6.97 Å². The Kier molecular flexibility index (Phi) is 10.9. The molecule has 3 rings (SSSR count). The molecule has 3 aromatic carbocycles. The van der Waals surface area contributed by atoms with Crippen LogP contribution in [0.25, 0.3) is 0 Å². The number of amides is 2. The second-order valence-electron chi connectivity index (χ2n) is 11.1. The van der Waals surface area contributed by atoms with Gasteiger partial charge in [-0.2, -0.15) is 4.39 Å². The lowest BCUT2D eigenvalue weighted by atomic mass is 9.77. The maximum absolute atomic E-state index is 15.3. The number of halogens is 4. The lowest BCUT2D eigenvalue weighted by molar-refractivity contribution is -0.0834. The third kappa shape index (κ3) is 8.77. The van der Waals surface area contributed by atoms with Crippen LogP contribution in [0.15, 0.2) is 72.8 Å². The Morgan fingerprint density at radius 1 is 0.925 bits per heavy atom. The molecule has 40 heavy (non-hydrogen) atoms. The third-order valence-electron chi connectivity index (χ3n) is 6.98. The van der Waals surface area contributed by atoms with Crippen molar-refractivity contribution in [1.29, 1.82) is 0 Å². The number of carbonyl (C=O) groups excluding carboxylic acids is 1. The quantitative estimate of drug-likeness (QED) is 0.151. The van der Waals surface area contributed by atoms with Crippen LogP contribution in [0.4, 0.5) is 13.6 Å². The topological polar surface area (TPSA) is 50.4 Å². The maximum Gasteiger partial charge on any atom is 0.315 e. The minimum Gasteiger partial charge on any atom is -0.458 e. The molecule has 0 fully saturated rings. The average molecular weight is 774 g/mol. The van der Waals surface area contributed by atoms with Gasteiger partial charge in [0.15, 0.2) is 0 Å². The van der Waals surface area contributed by atoms with E-state index in [-0.39, 0.29) is 7.18 Å². The van der Waals surface area contributed by atoms with Gasteiger partial charge in [-0.3, -0.25) is 0 Å². The zero-order valence-corrected chi connectivity index (χ0v) is 28.1. The molecule has 2 amide bonds. The fourth-order valence-electron chi connectivity index (χ4n) is 4.30. The van der Waals surface area contributed by atoms with Gasteiger partial charge in [-0.25, -0.2) is 9.18 Å². The number of carbonyl (C=O) groups is 1. The highest BCUT2D eigenvalue weighted by Crippen LogP contribution is 2.38. The molecule has 216 valence electrons. The summed E-state index contributed by atoms with van der Waals surface area (Å²) in [5.74, 6) is -2.69. The molecular formula is C32H38F2I2N2O2. The van der Waals surface area contributed by atoms with E-state index in [1.165, 1.54) is 19.1 Å². The van der Waals surface area contributed by atoms with Gasteiger partial charge >= 0.3 is 6.03 Å². The Balaban J connectivity index is 2.24. The van der Waals surface area contributed by atoms with Crippen LogP contribution in [0.5, 0.6) is 5.75 Å². The van der Waals surface area contributed by atoms with E-state index >= 15 is 8.78 Å². The van der Waals surface area contributed by atoms with E-state index in [9.17, 15) is 4.79 Å². The van der Waals surface area contributed by atoms with Crippen LogP contribution in [0.2, 0.25) is 0 Å². The monoisotopic (exact) mass is 774 g/mol. The summed E-state index contributed by atoms with van der Waals surface area (Å²) >= 11 is 4.53. The van der Waals surface area contributed by atoms with Gasteiger partial charge < -0.3 is 15.4 Å². The highest BCUT2D eigenvalue weighted by Gasteiger charge is 2.38. The summed E-state index contributed by atoms with van der Waals surface area (Å²) in [6.45, 7) is 11.4. The summed E-state index contributed by atoms with van der Waals surface area (Å²) in [4.78, 5) is 13.5. The summed E-state index contributed by atoms with van der Waals surface area (Å²) < 4.78 is 36.0. The molecule has 8 heteroatoms. The molecule has 2 N–H and O–H groups in total. The highest BCUT2D eigenvalue weighted by molar-refractivity contribution is 14.2. The van der Waals surface area contributed by atoms with Gasteiger partial charge in [0.1, 0.15) is 11.6 Å². The molecule has 0 radical (unpaired) electrons. The summed E-state index contributed by atoms with van der Waals surface area (Å²) in [5, 5.41) is 6.17. The lowest BCUT2D eigenvalue weighted by Gasteiger charge is -2.37. The predicted molar refractivity (Wildman–Crippen MR) is 176 cm³/mol. The summed E-state index contributed by atoms with van der Waals surface area (Å²) in [6.07, 6.45) is 0.327. The van der Waals surface area contributed by atoms with Crippen LogP contribution in [-0.2, 0) is 12.0 Å². The molecule has 0 saturated carbocycles. The van der Waals surface area contributed by atoms with Crippen molar-refractivity contribution in [2.75, 3.05) is 6.54 Å². The Morgan fingerprint density at radius 3 is 2.10 bits per heavy atom. The van der Waals surface area contributed by atoms with Crippen LogP contribution >= 0.6 is 45.2 Å². The van der Waals surface area contributed by atoms with E-state index in [1.807, 2.05) is 61.5 Å². The molecule has 2 atom stereocenters. The summed E-state index contributed by atoms with van der Waals surface area (Å²) in [6, 6.07) is 21.5. The molecule has 3 aromatic rings. The number of hydrogen-bond donors (Lipinski definition) is 2. The molecule has 4 nitrogen and oxygen atoms in total. The molecule has 0 aliphatic carbocycles. The van der Waals surface area contributed by atoms with Crippen molar-refractivity contribution in [2.24, 2.45) is 5.92 Å². The van der Waals surface area contributed by atoms with Crippen LogP contribution < -0.4 is 15.4 Å². The first kappa shape index (κ1) is 32.6. The van der Waals surface area contributed by atoms with E-state index in [2.05, 4.69) is 69.7 Å². The van der Waals surface area contributed by atoms with Crippen molar-refractivity contribution in [3.63, 3.8) is 0 Å². The Morgan fingerprint density at radius 2 is 1.55 bits per heavy atom. The highest BCUT2D eigenvalue weighted by atomic mass is 127. The molecular weight excluding hydrogens is 736 g/mol. The molecule has 0 aromatic heterocycles. The number of nitrogens with one attached hydrogen (secondary N) is 2. The zero-order chi connectivity index (χ0) is 29.7. The number of benzene rings is 3. The largest absolute Gasteiger partial charge is 0.458 e. The van der Waals surface area contributed by atoms with Gasteiger partial charge in [-0.05, 0) is 47.2 Å². The SMILES string of the molecule is CC(C)c1ccc([C@@](Cc2ccccc2)(NC(=O)NCC(C)(I)I)c2cc(F)cc(OC(C)(F)C(C)C)c2)cc1. The molecule has 0 bridgehead atoms. The Labute approximate surface area is 264 Å². The third-order valence-corrected chi connectivity index (χ3v) is 7.74. The van der Waals surface area contributed by atoms with Crippen molar-refractivity contribution >= 4 is 51.2 Å². The summed E-state index contributed by atoms with van der Waals surface area (Å²) in [5.41, 5.74) is 2.10. The van der Waals surface area contributed by atoms with Gasteiger partial charge in [-0.15, -0.1) is 0 Å². The van der Waals surface area contributed by atoms with Gasteiger partial charge in [-0.1, -0.05) is 127 Å². The molecule has 0 saturated heterocycles. The molecule has 0 heterocycles. The van der Waals surface area contributed by atoms with Crippen molar-refractivity contribution < 1.29 is 18.3 Å².